The maximum absolute atomic E-state index is 12.6. The second kappa shape index (κ2) is 5.59. The fraction of sp³-hybridized carbons (Fsp3) is 0.400. The van der Waals surface area contributed by atoms with Gasteiger partial charge in [0.25, 0.3) is 9.84 Å². The van der Waals surface area contributed by atoms with Crippen molar-refractivity contribution in [3.63, 3.8) is 0 Å². The smallest absolute Gasteiger partial charge is 0.326 e. The highest BCUT2D eigenvalue weighted by Gasteiger charge is 2.48. The number of alkyl halides is 3. The molecule has 2 aliphatic rings. The Morgan fingerprint density at radius 2 is 1.88 bits per heavy atom. The van der Waals surface area contributed by atoms with Crippen LogP contribution >= 0.6 is 0 Å². The number of amides is 1. The number of allylic oxidation sites excluding steroid dienone is 1. The van der Waals surface area contributed by atoms with Crippen molar-refractivity contribution in [1.82, 2.24) is 0 Å². The van der Waals surface area contributed by atoms with Crippen LogP contribution < -0.4 is 11.1 Å². The Balaban J connectivity index is 1.81. The summed E-state index contributed by atoms with van der Waals surface area (Å²) in [6.07, 6.45) is 4.67. The first-order valence-electron chi connectivity index (χ1n) is 7.27. The number of sulfone groups is 1. The van der Waals surface area contributed by atoms with E-state index in [2.05, 4.69) is 5.32 Å². The van der Waals surface area contributed by atoms with Crippen LogP contribution in [-0.4, -0.2) is 25.9 Å². The molecule has 0 saturated heterocycles. The number of nitrogens with two attached hydrogens (primary N) is 1. The molecule has 0 unspecified atom stereocenters. The normalized spacial score (nSPS) is 29.0. The molecule has 0 radical (unpaired) electrons. The molecule has 0 aromatic heterocycles. The maximum Gasteiger partial charge on any atom is 0.501 e. The Kier molecular flexibility index (Phi) is 3.95. The third-order valence-corrected chi connectivity index (χ3v) is 6.02. The molecule has 0 spiro atoms. The molecular weight excluding hydrogens is 345 g/mol. The van der Waals surface area contributed by atoms with Crippen molar-refractivity contribution >= 4 is 21.4 Å². The molecule has 2 aliphatic carbocycles. The van der Waals surface area contributed by atoms with Gasteiger partial charge in [0.15, 0.2) is 0 Å². The van der Waals surface area contributed by atoms with Crippen molar-refractivity contribution in [2.75, 3.05) is 5.32 Å². The molecule has 5 nitrogen and oxygen atoms in total. The lowest BCUT2D eigenvalue weighted by molar-refractivity contribution is -0.120. The number of hydrogen-bond acceptors (Lipinski definition) is 4. The number of benzene rings is 1. The summed E-state index contributed by atoms with van der Waals surface area (Å²) in [7, 11) is -5.46. The highest BCUT2D eigenvalue weighted by molar-refractivity contribution is 7.92. The average molecular weight is 360 g/mol. The predicted molar refractivity (Wildman–Crippen MR) is 80.5 cm³/mol. The van der Waals surface area contributed by atoms with Gasteiger partial charge in [-0.05, 0) is 36.5 Å². The van der Waals surface area contributed by atoms with Gasteiger partial charge in [0.05, 0.1) is 10.8 Å². The molecule has 4 atom stereocenters. The van der Waals surface area contributed by atoms with Crippen LogP contribution in [0, 0.1) is 17.8 Å². The molecule has 1 saturated carbocycles. The van der Waals surface area contributed by atoms with Crippen LogP contribution in [0.1, 0.15) is 6.42 Å². The number of carbonyl (C=O) groups excluding carboxylic acids is 1. The molecule has 1 aromatic rings. The SMILES string of the molecule is N[C@@H]1[C@H](C(=O)Nc2cccc(S(=O)(=O)C(F)(F)F)c2)[C@H]2C=C[C@@H]1C2. The molecule has 3 rings (SSSR count). The molecule has 0 aliphatic heterocycles. The van der Waals surface area contributed by atoms with Crippen molar-refractivity contribution < 1.29 is 26.4 Å². The molecule has 1 aromatic carbocycles. The number of nitrogens with one attached hydrogen (secondary N) is 1. The monoisotopic (exact) mass is 360 g/mol. The second-order valence-corrected chi connectivity index (χ2v) is 7.96. The Hall–Kier alpha value is -1.87. The van der Waals surface area contributed by atoms with E-state index in [1.54, 1.807) is 0 Å². The van der Waals surface area contributed by atoms with E-state index in [0.29, 0.717) is 0 Å². The van der Waals surface area contributed by atoms with Gasteiger partial charge in [-0.1, -0.05) is 18.2 Å². The number of fused-ring (bicyclic) bond motifs is 2. The van der Waals surface area contributed by atoms with Crippen LogP contribution in [0.15, 0.2) is 41.3 Å². The first-order valence-corrected chi connectivity index (χ1v) is 8.76. The van der Waals surface area contributed by atoms with Crippen LogP contribution in [-0.2, 0) is 14.6 Å². The lowest BCUT2D eigenvalue weighted by Gasteiger charge is -2.23. The Morgan fingerprint density at radius 1 is 1.21 bits per heavy atom. The summed E-state index contributed by atoms with van der Waals surface area (Å²) in [5, 5.41) is 2.48. The van der Waals surface area contributed by atoms with E-state index in [-0.39, 0.29) is 23.6 Å². The zero-order valence-electron chi connectivity index (χ0n) is 12.3. The molecule has 130 valence electrons. The van der Waals surface area contributed by atoms with Crippen molar-refractivity contribution in [1.29, 1.82) is 0 Å². The number of rotatable bonds is 3. The Bertz CT molecular complexity index is 804. The van der Waals surface area contributed by atoms with E-state index in [1.165, 1.54) is 6.07 Å². The fourth-order valence-corrected chi connectivity index (χ4v) is 4.14. The summed E-state index contributed by atoms with van der Waals surface area (Å²) in [5.41, 5.74) is 0.613. The summed E-state index contributed by atoms with van der Waals surface area (Å²) < 4.78 is 60.7. The predicted octanol–water partition coefficient (Wildman–Crippen LogP) is 2.07. The molecule has 3 N–H and O–H groups in total. The van der Waals surface area contributed by atoms with Crippen LogP contribution in [0.4, 0.5) is 18.9 Å². The number of halogens is 3. The van der Waals surface area contributed by atoms with E-state index in [4.69, 9.17) is 5.73 Å². The van der Waals surface area contributed by atoms with Crippen LogP contribution in [0.25, 0.3) is 0 Å². The maximum atomic E-state index is 12.6. The first kappa shape index (κ1) is 17.0. The van der Waals surface area contributed by atoms with Gasteiger partial charge in [-0.25, -0.2) is 8.42 Å². The van der Waals surface area contributed by atoms with Crippen LogP contribution in [0.3, 0.4) is 0 Å². The topological polar surface area (TPSA) is 89.3 Å². The number of anilines is 1. The zero-order valence-corrected chi connectivity index (χ0v) is 13.1. The second-order valence-electron chi connectivity index (χ2n) is 6.02. The summed E-state index contributed by atoms with van der Waals surface area (Å²) >= 11 is 0. The minimum atomic E-state index is -5.46. The van der Waals surface area contributed by atoms with E-state index in [9.17, 15) is 26.4 Å². The van der Waals surface area contributed by atoms with Crippen molar-refractivity contribution in [3.05, 3.63) is 36.4 Å². The van der Waals surface area contributed by atoms with Crippen LogP contribution in [0.5, 0.6) is 0 Å². The van der Waals surface area contributed by atoms with E-state index in [1.807, 2.05) is 12.2 Å². The highest BCUT2D eigenvalue weighted by Crippen LogP contribution is 2.43. The minimum Gasteiger partial charge on any atom is -0.326 e. The van der Waals surface area contributed by atoms with Gasteiger partial charge in [-0.2, -0.15) is 13.2 Å². The van der Waals surface area contributed by atoms with Gasteiger partial charge < -0.3 is 11.1 Å². The van der Waals surface area contributed by atoms with Gasteiger partial charge in [-0.3, -0.25) is 4.79 Å². The van der Waals surface area contributed by atoms with E-state index >= 15 is 0 Å². The first-order chi connectivity index (χ1) is 11.1. The third-order valence-electron chi connectivity index (χ3n) is 4.54. The largest absolute Gasteiger partial charge is 0.501 e. The number of hydrogen-bond donors (Lipinski definition) is 2. The van der Waals surface area contributed by atoms with Gasteiger partial charge in [-0.15, -0.1) is 0 Å². The third kappa shape index (κ3) is 2.71. The molecular formula is C15H15F3N2O3S. The summed E-state index contributed by atoms with van der Waals surface area (Å²) in [6, 6.07) is 3.78. The molecule has 2 bridgehead atoms. The quantitative estimate of drug-likeness (QED) is 0.808. The minimum absolute atomic E-state index is 0.00657. The van der Waals surface area contributed by atoms with Gasteiger partial charge >= 0.3 is 5.51 Å². The Morgan fingerprint density at radius 3 is 2.46 bits per heavy atom. The number of carbonyl (C=O) groups is 1. The van der Waals surface area contributed by atoms with E-state index in [0.717, 1.165) is 24.6 Å². The van der Waals surface area contributed by atoms with Crippen LogP contribution in [0.2, 0.25) is 0 Å². The highest BCUT2D eigenvalue weighted by atomic mass is 32.2. The fourth-order valence-electron chi connectivity index (χ4n) is 3.33. The lowest BCUT2D eigenvalue weighted by atomic mass is 9.88. The van der Waals surface area contributed by atoms with Gasteiger partial charge in [0.2, 0.25) is 5.91 Å². The Labute approximate surface area is 136 Å². The molecule has 1 fully saturated rings. The van der Waals surface area contributed by atoms with Gasteiger partial charge in [0.1, 0.15) is 0 Å². The zero-order chi connectivity index (χ0) is 17.7. The molecule has 1 amide bonds. The van der Waals surface area contributed by atoms with Crippen molar-refractivity contribution in [2.45, 2.75) is 22.9 Å². The standard InChI is InChI=1S/C15H15F3N2O3S/c16-15(17,18)24(22,23)11-3-1-2-10(7-11)20-14(21)12-8-4-5-9(6-8)13(12)19/h1-5,7-9,12-13H,6,19H2,(H,20,21)/t8-,9+,12+,13-/m0/s1. The molecule has 9 heteroatoms. The lowest BCUT2D eigenvalue weighted by Crippen LogP contribution is -2.41. The molecule has 0 heterocycles. The summed E-state index contributed by atoms with van der Waals surface area (Å²) in [4.78, 5) is 11.5. The van der Waals surface area contributed by atoms with Crippen molar-refractivity contribution in [2.24, 2.45) is 23.5 Å². The summed E-state index contributed by atoms with van der Waals surface area (Å²) in [6.45, 7) is 0. The van der Waals surface area contributed by atoms with Gasteiger partial charge in [0, 0.05) is 11.7 Å². The average Bonchev–Trinajstić information content (AvgIpc) is 3.07. The van der Waals surface area contributed by atoms with Crippen molar-refractivity contribution in [3.8, 4) is 0 Å². The summed E-state index contributed by atoms with van der Waals surface area (Å²) in [5.74, 6) is -0.751. The molecule has 24 heavy (non-hydrogen) atoms. The van der Waals surface area contributed by atoms with E-state index < -0.39 is 32.1 Å².